The van der Waals surface area contributed by atoms with Gasteiger partial charge in [-0.25, -0.2) is 4.98 Å². The van der Waals surface area contributed by atoms with E-state index in [0.29, 0.717) is 17.6 Å². The van der Waals surface area contributed by atoms with Crippen molar-refractivity contribution < 1.29 is 9.59 Å². The van der Waals surface area contributed by atoms with Crippen LogP contribution in [-0.4, -0.2) is 44.9 Å². The Bertz CT molecular complexity index is 720. The van der Waals surface area contributed by atoms with Crippen LogP contribution in [0.2, 0.25) is 0 Å². The SMILES string of the molecule is CCC1CCCCN1C(=O)c1nc(C(=O)NC2CCCCC2)c2n1CCCC2. The topological polar surface area (TPSA) is 67.2 Å². The summed E-state index contributed by atoms with van der Waals surface area (Å²) in [6, 6.07) is 0.560. The average Bonchev–Trinajstić information content (AvgIpc) is 3.14. The molecule has 28 heavy (non-hydrogen) atoms. The molecule has 3 aliphatic rings. The Labute approximate surface area is 168 Å². The fourth-order valence-electron chi connectivity index (χ4n) is 5.21. The minimum atomic E-state index is -0.0812. The molecule has 6 nitrogen and oxygen atoms in total. The van der Waals surface area contributed by atoms with E-state index >= 15 is 0 Å². The zero-order chi connectivity index (χ0) is 19.5. The lowest BCUT2D eigenvalue weighted by Crippen LogP contribution is -2.44. The lowest BCUT2D eigenvalue weighted by Gasteiger charge is -2.35. The number of likely N-dealkylation sites (tertiary alicyclic amines) is 1. The molecule has 2 amide bonds. The number of amides is 2. The van der Waals surface area contributed by atoms with Gasteiger partial charge in [0.05, 0.1) is 5.69 Å². The van der Waals surface area contributed by atoms with Crippen molar-refractivity contribution in [2.45, 2.75) is 103 Å². The molecule has 0 spiro atoms. The minimum Gasteiger partial charge on any atom is -0.348 e. The number of nitrogens with one attached hydrogen (secondary N) is 1. The number of aromatic nitrogens is 2. The van der Waals surface area contributed by atoms with E-state index in [1.807, 2.05) is 9.47 Å². The minimum absolute atomic E-state index is 0.0198. The van der Waals surface area contributed by atoms with E-state index in [4.69, 9.17) is 0 Å². The monoisotopic (exact) mass is 386 g/mol. The Morgan fingerprint density at radius 2 is 1.75 bits per heavy atom. The fourth-order valence-corrected chi connectivity index (χ4v) is 5.21. The Kier molecular flexibility index (Phi) is 6.02. The van der Waals surface area contributed by atoms with Gasteiger partial charge in [0, 0.05) is 25.2 Å². The molecule has 1 saturated carbocycles. The first kappa shape index (κ1) is 19.5. The molecule has 4 rings (SSSR count). The largest absolute Gasteiger partial charge is 0.348 e. The molecule has 1 unspecified atom stereocenters. The quantitative estimate of drug-likeness (QED) is 0.858. The van der Waals surface area contributed by atoms with E-state index in [1.54, 1.807) is 0 Å². The first-order valence-electron chi connectivity index (χ1n) is 11.4. The molecule has 2 fully saturated rings. The predicted octanol–water partition coefficient (Wildman–Crippen LogP) is 3.69. The van der Waals surface area contributed by atoms with Crippen LogP contribution in [0.25, 0.3) is 0 Å². The fraction of sp³-hybridized carbons (Fsp3) is 0.773. The molecule has 1 aromatic rings. The van der Waals surface area contributed by atoms with Crippen molar-refractivity contribution in [2.24, 2.45) is 0 Å². The lowest BCUT2D eigenvalue weighted by atomic mass is 9.95. The summed E-state index contributed by atoms with van der Waals surface area (Å²) in [5.74, 6) is 0.428. The molecule has 1 atom stereocenters. The van der Waals surface area contributed by atoms with Crippen molar-refractivity contribution in [1.29, 1.82) is 0 Å². The van der Waals surface area contributed by atoms with E-state index in [1.165, 1.54) is 25.7 Å². The average molecular weight is 387 g/mol. The van der Waals surface area contributed by atoms with Crippen LogP contribution in [-0.2, 0) is 13.0 Å². The normalized spacial score (nSPS) is 23.3. The van der Waals surface area contributed by atoms with Gasteiger partial charge in [0.2, 0.25) is 0 Å². The molecular weight excluding hydrogens is 352 g/mol. The third kappa shape index (κ3) is 3.83. The van der Waals surface area contributed by atoms with Crippen molar-refractivity contribution in [3.63, 3.8) is 0 Å². The van der Waals surface area contributed by atoms with Crippen molar-refractivity contribution in [3.05, 3.63) is 17.2 Å². The summed E-state index contributed by atoms with van der Waals surface area (Å²) in [5, 5.41) is 3.20. The van der Waals surface area contributed by atoms with E-state index in [2.05, 4.69) is 17.2 Å². The van der Waals surface area contributed by atoms with E-state index in [9.17, 15) is 9.59 Å². The summed E-state index contributed by atoms with van der Waals surface area (Å²) >= 11 is 0. The van der Waals surface area contributed by atoms with Crippen LogP contribution in [0.5, 0.6) is 0 Å². The third-order valence-electron chi connectivity index (χ3n) is 6.82. The van der Waals surface area contributed by atoms with Crippen molar-refractivity contribution in [1.82, 2.24) is 19.8 Å². The maximum Gasteiger partial charge on any atom is 0.290 e. The van der Waals surface area contributed by atoms with E-state index in [0.717, 1.165) is 70.2 Å². The van der Waals surface area contributed by atoms with Crippen molar-refractivity contribution in [3.8, 4) is 0 Å². The van der Waals surface area contributed by atoms with E-state index in [-0.39, 0.29) is 17.9 Å². The standard InChI is InChI=1S/C22H34N4O2/c1-2-17-12-6-8-14-25(17)22(28)20-24-19(18-13-7-9-15-26(18)20)21(27)23-16-10-4-3-5-11-16/h16-17H,2-15H2,1H3,(H,23,27). The Balaban J connectivity index is 1.59. The van der Waals surface area contributed by atoms with Crippen LogP contribution in [0, 0.1) is 0 Å². The maximum absolute atomic E-state index is 13.4. The number of hydrogen-bond acceptors (Lipinski definition) is 3. The summed E-state index contributed by atoms with van der Waals surface area (Å²) in [6.07, 6.45) is 13.0. The number of hydrogen-bond donors (Lipinski definition) is 1. The zero-order valence-electron chi connectivity index (χ0n) is 17.2. The molecule has 1 N–H and O–H groups in total. The molecule has 6 heteroatoms. The lowest BCUT2D eigenvalue weighted by molar-refractivity contribution is 0.0589. The second kappa shape index (κ2) is 8.66. The zero-order valence-corrected chi connectivity index (χ0v) is 17.2. The summed E-state index contributed by atoms with van der Waals surface area (Å²) in [6.45, 7) is 3.76. The molecule has 0 radical (unpaired) electrons. The van der Waals surface area contributed by atoms with Gasteiger partial charge in [0.25, 0.3) is 11.8 Å². The first-order chi connectivity index (χ1) is 13.7. The predicted molar refractivity (Wildman–Crippen MR) is 108 cm³/mol. The summed E-state index contributed by atoms with van der Waals surface area (Å²) in [4.78, 5) is 33.1. The second-order valence-electron chi connectivity index (χ2n) is 8.70. The van der Waals surface area contributed by atoms with Crippen LogP contribution in [0.1, 0.15) is 104 Å². The van der Waals surface area contributed by atoms with Gasteiger partial charge in [-0.15, -0.1) is 0 Å². The maximum atomic E-state index is 13.4. The number of carbonyl (C=O) groups excluding carboxylic acids is 2. The van der Waals surface area contributed by atoms with Crippen LogP contribution in [0.3, 0.4) is 0 Å². The van der Waals surface area contributed by atoms with Crippen LogP contribution in [0.15, 0.2) is 0 Å². The Morgan fingerprint density at radius 1 is 1.00 bits per heavy atom. The van der Waals surface area contributed by atoms with Gasteiger partial charge in [-0.05, 0) is 57.8 Å². The van der Waals surface area contributed by atoms with Crippen molar-refractivity contribution >= 4 is 11.8 Å². The van der Waals surface area contributed by atoms with Crippen LogP contribution < -0.4 is 5.32 Å². The van der Waals surface area contributed by atoms with Gasteiger partial charge in [0.15, 0.2) is 5.82 Å². The smallest absolute Gasteiger partial charge is 0.290 e. The molecule has 0 bridgehead atoms. The van der Waals surface area contributed by atoms with Crippen LogP contribution in [0.4, 0.5) is 0 Å². The van der Waals surface area contributed by atoms with Crippen molar-refractivity contribution in [2.75, 3.05) is 6.54 Å². The molecule has 1 saturated heterocycles. The van der Waals surface area contributed by atoms with Gasteiger partial charge in [0.1, 0.15) is 5.69 Å². The summed E-state index contributed by atoms with van der Waals surface area (Å²) < 4.78 is 2.04. The third-order valence-corrected chi connectivity index (χ3v) is 6.82. The number of rotatable bonds is 4. The molecular formula is C22H34N4O2. The highest BCUT2D eigenvalue weighted by Crippen LogP contribution is 2.26. The number of piperidine rings is 1. The second-order valence-corrected chi connectivity index (χ2v) is 8.70. The molecule has 3 heterocycles. The van der Waals surface area contributed by atoms with Gasteiger partial charge in [-0.3, -0.25) is 9.59 Å². The molecule has 1 aliphatic carbocycles. The Hall–Kier alpha value is -1.85. The number of nitrogens with zero attached hydrogens (tertiary/aromatic N) is 3. The summed E-state index contributed by atoms with van der Waals surface area (Å²) in [5.41, 5.74) is 1.46. The van der Waals surface area contributed by atoms with Gasteiger partial charge in [-0.2, -0.15) is 0 Å². The number of fused-ring (bicyclic) bond motifs is 1. The highest BCUT2D eigenvalue weighted by molar-refractivity contribution is 5.97. The highest BCUT2D eigenvalue weighted by Gasteiger charge is 2.33. The van der Waals surface area contributed by atoms with Gasteiger partial charge in [-0.1, -0.05) is 26.2 Å². The number of imidazole rings is 1. The van der Waals surface area contributed by atoms with E-state index < -0.39 is 0 Å². The highest BCUT2D eigenvalue weighted by atomic mass is 16.2. The van der Waals surface area contributed by atoms with Crippen LogP contribution >= 0.6 is 0 Å². The molecule has 2 aliphatic heterocycles. The number of carbonyl (C=O) groups is 2. The first-order valence-corrected chi connectivity index (χ1v) is 11.4. The molecule has 154 valence electrons. The summed E-state index contributed by atoms with van der Waals surface area (Å²) in [7, 11) is 0. The van der Waals surface area contributed by atoms with Gasteiger partial charge >= 0.3 is 0 Å². The van der Waals surface area contributed by atoms with Gasteiger partial charge < -0.3 is 14.8 Å². The Morgan fingerprint density at radius 3 is 2.54 bits per heavy atom. The molecule has 1 aromatic heterocycles. The molecule has 0 aromatic carbocycles.